The van der Waals surface area contributed by atoms with Crippen molar-refractivity contribution in [3.63, 3.8) is 0 Å². The maximum atomic E-state index is 11.2. The maximum absolute atomic E-state index is 11.2. The number of hydrogen-bond donors (Lipinski definition) is 0. The van der Waals surface area contributed by atoms with E-state index in [2.05, 4.69) is 0 Å². The minimum Gasteiger partial charge on any atom is -0.549 e. The number of hydrogen-bond acceptors (Lipinski definition) is 4. The summed E-state index contributed by atoms with van der Waals surface area (Å²) in [6.45, 7) is 0. The van der Waals surface area contributed by atoms with E-state index in [-0.39, 0.29) is 0 Å². The first kappa shape index (κ1) is 10.8. The summed E-state index contributed by atoms with van der Waals surface area (Å²) < 4.78 is 0. The third-order valence-electron chi connectivity index (χ3n) is 3.48. The van der Waals surface area contributed by atoms with E-state index >= 15 is 0 Å². The van der Waals surface area contributed by atoms with Gasteiger partial charge in [0.1, 0.15) is 0 Å². The van der Waals surface area contributed by atoms with Crippen LogP contribution in [0.3, 0.4) is 0 Å². The van der Waals surface area contributed by atoms with E-state index in [0.29, 0.717) is 16.5 Å². The summed E-state index contributed by atoms with van der Waals surface area (Å²) in [6.07, 6.45) is 0. The Morgan fingerprint density at radius 3 is 1.67 bits per heavy atom. The summed E-state index contributed by atoms with van der Waals surface area (Å²) in [5, 5.41) is 24.0. The van der Waals surface area contributed by atoms with Gasteiger partial charge in [-0.15, -0.1) is 0 Å². The highest BCUT2D eigenvalue weighted by Gasteiger charge is 2.35. The van der Waals surface area contributed by atoms with Crippen molar-refractivity contribution < 1.29 is 19.8 Å². The molecule has 0 saturated heterocycles. The van der Waals surface area contributed by atoms with Crippen LogP contribution >= 0.6 is 0 Å². The Morgan fingerprint density at radius 2 is 1.28 bits per heavy atom. The van der Waals surface area contributed by atoms with Crippen molar-refractivity contribution in [2.45, 2.75) is 11.8 Å². The Bertz CT molecular complexity index is 620. The molecule has 90 valence electrons. The molecule has 0 aromatic heterocycles. The summed E-state index contributed by atoms with van der Waals surface area (Å²) in [7, 11) is 0. The van der Waals surface area contributed by atoms with Crippen LogP contribution in [0.5, 0.6) is 0 Å². The van der Waals surface area contributed by atoms with Crippen LogP contribution < -0.4 is 10.2 Å². The standard InChI is InChI=1S/C14H10O4/c15-13(16)11-8-5-1-3-7-4-2-6-9(10(7)8)12(11)14(17)18/h1-6,11-12H,(H,15,16)(H,17,18)/p-2/t11-,12+. The van der Waals surface area contributed by atoms with Crippen LogP contribution in [0.25, 0.3) is 10.8 Å². The second-order valence-electron chi connectivity index (χ2n) is 4.39. The van der Waals surface area contributed by atoms with Crippen LogP contribution in [0.4, 0.5) is 0 Å². The normalized spacial score (nSPS) is 21.1. The first-order valence-corrected chi connectivity index (χ1v) is 5.54. The number of rotatable bonds is 2. The van der Waals surface area contributed by atoms with Gasteiger partial charge in [0.15, 0.2) is 0 Å². The van der Waals surface area contributed by atoms with Crippen LogP contribution in [-0.4, -0.2) is 11.9 Å². The molecular weight excluding hydrogens is 232 g/mol. The lowest BCUT2D eigenvalue weighted by Gasteiger charge is -2.23. The zero-order chi connectivity index (χ0) is 12.9. The Kier molecular flexibility index (Phi) is 2.13. The highest BCUT2D eigenvalue weighted by atomic mass is 16.4. The second-order valence-corrected chi connectivity index (χ2v) is 4.39. The quantitative estimate of drug-likeness (QED) is 0.710. The third kappa shape index (κ3) is 1.26. The largest absolute Gasteiger partial charge is 0.549 e. The highest BCUT2D eigenvalue weighted by Crippen LogP contribution is 2.46. The van der Waals surface area contributed by atoms with E-state index in [0.717, 1.165) is 5.39 Å². The van der Waals surface area contributed by atoms with Gasteiger partial charge >= 0.3 is 0 Å². The smallest absolute Gasteiger partial charge is 0.0499 e. The molecule has 0 saturated carbocycles. The summed E-state index contributed by atoms with van der Waals surface area (Å²) in [5.41, 5.74) is 0.995. The van der Waals surface area contributed by atoms with E-state index < -0.39 is 23.8 Å². The van der Waals surface area contributed by atoms with Crippen LogP contribution in [-0.2, 0) is 9.59 Å². The molecule has 0 aliphatic heterocycles. The van der Waals surface area contributed by atoms with Gasteiger partial charge in [0.25, 0.3) is 0 Å². The molecule has 2 atom stereocenters. The molecule has 1 aliphatic carbocycles. The van der Waals surface area contributed by atoms with Gasteiger partial charge in [-0.1, -0.05) is 36.4 Å². The fourth-order valence-electron chi connectivity index (χ4n) is 2.80. The topological polar surface area (TPSA) is 80.3 Å². The number of carboxylic acid groups (broad SMARTS) is 2. The molecule has 0 N–H and O–H groups in total. The molecule has 18 heavy (non-hydrogen) atoms. The van der Waals surface area contributed by atoms with Crippen molar-refractivity contribution in [2.75, 3.05) is 0 Å². The molecular formula is C14H8O4-2. The lowest BCUT2D eigenvalue weighted by Crippen LogP contribution is -2.39. The summed E-state index contributed by atoms with van der Waals surface area (Å²) in [6, 6.07) is 10.4. The van der Waals surface area contributed by atoms with Gasteiger partial charge in [-0.3, -0.25) is 0 Å². The zero-order valence-electron chi connectivity index (χ0n) is 9.25. The average molecular weight is 240 g/mol. The van der Waals surface area contributed by atoms with E-state index in [1.54, 1.807) is 24.3 Å². The van der Waals surface area contributed by atoms with Gasteiger partial charge in [-0.2, -0.15) is 0 Å². The lowest BCUT2D eigenvalue weighted by molar-refractivity contribution is -0.319. The molecule has 0 fully saturated rings. The fraction of sp³-hybridized carbons (Fsp3) is 0.143. The van der Waals surface area contributed by atoms with Crippen LogP contribution in [0.15, 0.2) is 36.4 Å². The molecule has 1 aliphatic rings. The summed E-state index contributed by atoms with van der Waals surface area (Å²) in [5.74, 6) is -5.10. The Balaban J connectivity index is 2.38. The van der Waals surface area contributed by atoms with Crippen molar-refractivity contribution >= 4 is 22.7 Å². The third-order valence-corrected chi connectivity index (χ3v) is 3.48. The second kappa shape index (κ2) is 3.57. The van der Waals surface area contributed by atoms with Crippen LogP contribution in [0, 0.1) is 0 Å². The Morgan fingerprint density at radius 1 is 0.833 bits per heavy atom. The number of carbonyl (C=O) groups is 2. The van der Waals surface area contributed by atoms with Crippen molar-refractivity contribution in [3.05, 3.63) is 47.5 Å². The van der Waals surface area contributed by atoms with E-state index in [4.69, 9.17) is 0 Å². The molecule has 0 unspecified atom stereocenters. The molecule has 4 heteroatoms. The highest BCUT2D eigenvalue weighted by molar-refractivity contribution is 6.02. The van der Waals surface area contributed by atoms with E-state index in [1.165, 1.54) is 0 Å². The zero-order valence-corrected chi connectivity index (χ0v) is 9.25. The summed E-state index contributed by atoms with van der Waals surface area (Å²) in [4.78, 5) is 22.4. The van der Waals surface area contributed by atoms with Crippen LogP contribution in [0.1, 0.15) is 23.0 Å². The average Bonchev–Trinajstić information content (AvgIpc) is 2.67. The maximum Gasteiger partial charge on any atom is 0.0499 e. The molecule has 0 radical (unpaired) electrons. The molecule has 0 spiro atoms. The van der Waals surface area contributed by atoms with Crippen molar-refractivity contribution in [3.8, 4) is 0 Å². The van der Waals surface area contributed by atoms with Gasteiger partial charge in [-0.25, -0.2) is 0 Å². The first-order valence-electron chi connectivity index (χ1n) is 5.54. The fourth-order valence-corrected chi connectivity index (χ4v) is 2.80. The van der Waals surface area contributed by atoms with E-state index in [1.807, 2.05) is 12.1 Å². The molecule has 2 aromatic rings. The molecule has 0 heterocycles. The number of carbonyl (C=O) groups excluding carboxylic acids is 2. The molecule has 0 amide bonds. The Labute approximate surface area is 102 Å². The van der Waals surface area contributed by atoms with Gasteiger partial charge in [0.2, 0.25) is 0 Å². The van der Waals surface area contributed by atoms with Crippen molar-refractivity contribution in [1.82, 2.24) is 0 Å². The molecule has 0 bridgehead atoms. The summed E-state index contributed by atoms with van der Waals surface area (Å²) >= 11 is 0. The Hall–Kier alpha value is -2.36. The number of carboxylic acids is 2. The van der Waals surface area contributed by atoms with Crippen LogP contribution in [0.2, 0.25) is 0 Å². The predicted molar refractivity (Wildman–Crippen MR) is 59.4 cm³/mol. The van der Waals surface area contributed by atoms with Gasteiger partial charge < -0.3 is 19.8 Å². The molecule has 4 nitrogen and oxygen atoms in total. The minimum absolute atomic E-state index is 0.498. The van der Waals surface area contributed by atoms with Crippen molar-refractivity contribution in [2.24, 2.45) is 0 Å². The molecule has 2 aromatic carbocycles. The lowest BCUT2D eigenvalue weighted by atomic mass is 9.90. The van der Waals surface area contributed by atoms with E-state index in [9.17, 15) is 19.8 Å². The SMILES string of the molecule is O=C([O-])[C@@H]1c2cccc3cccc(c23)[C@@H]1C(=O)[O-]. The number of aliphatic carboxylic acids is 2. The number of benzene rings is 2. The monoisotopic (exact) mass is 240 g/mol. The van der Waals surface area contributed by atoms with Crippen molar-refractivity contribution in [1.29, 1.82) is 0 Å². The predicted octanol–water partition coefficient (Wildman–Crippen LogP) is -0.480. The van der Waals surface area contributed by atoms with Gasteiger partial charge in [0.05, 0.1) is 0 Å². The first-order chi connectivity index (χ1) is 8.61. The molecule has 3 rings (SSSR count). The van der Waals surface area contributed by atoms with Gasteiger partial charge in [-0.05, 0) is 21.9 Å². The minimum atomic E-state index is -1.38. The van der Waals surface area contributed by atoms with Gasteiger partial charge in [0, 0.05) is 23.8 Å².